The molecule has 3 N–H and O–H groups in total. The molecule has 0 aromatic carbocycles. The van der Waals surface area contributed by atoms with Crippen molar-refractivity contribution in [2.24, 2.45) is 17.1 Å². The largest absolute Gasteiger partial charge is 0.477 e. The topological polar surface area (TPSA) is 88.0 Å². The van der Waals surface area contributed by atoms with Gasteiger partial charge in [0.25, 0.3) is 5.56 Å². The number of aromatic nitrogens is 1. The van der Waals surface area contributed by atoms with Gasteiger partial charge in [-0.15, -0.1) is 0 Å². The van der Waals surface area contributed by atoms with E-state index in [1.165, 1.54) is 29.5 Å². The number of rotatable bonds is 4. The predicted octanol–water partition coefficient (Wildman–Crippen LogP) is 3.28. The third-order valence-electron chi connectivity index (χ3n) is 7.70. The summed E-state index contributed by atoms with van der Waals surface area (Å²) >= 11 is 0. The molecule has 6 nitrogen and oxygen atoms in total. The molecular formula is C23H28FN3O3. The molecule has 3 fully saturated rings. The van der Waals surface area contributed by atoms with Crippen molar-refractivity contribution in [2.75, 3.05) is 24.5 Å². The van der Waals surface area contributed by atoms with Crippen LogP contribution in [-0.2, 0) is 0 Å². The van der Waals surface area contributed by atoms with Crippen molar-refractivity contribution in [1.29, 1.82) is 0 Å². The van der Waals surface area contributed by atoms with Gasteiger partial charge in [-0.3, -0.25) is 9.20 Å². The third kappa shape index (κ3) is 2.78. The van der Waals surface area contributed by atoms with Crippen molar-refractivity contribution < 1.29 is 14.3 Å². The lowest BCUT2D eigenvalue weighted by Crippen LogP contribution is -2.40. The van der Waals surface area contributed by atoms with Gasteiger partial charge in [-0.2, -0.15) is 0 Å². The van der Waals surface area contributed by atoms with Crippen molar-refractivity contribution in [2.45, 2.75) is 51.4 Å². The number of aromatic carboxylic acids is 1. The van der Waals surface area contributed by atoms with Gasteiger partial charge < -0.3 is 15.7 Å². The van der Waals surface area contributed by atoms with E-state index in [4.69, 9.17) is 5.73 Å². The number of fused-ring (bicyclic) bond motifs is 2. The Morgan fingerprint density at radius 3 is 2.73 bits per heavy atom. The van der Waals surface area contributed by atoms with E-state index in [1.54, 1.807) is 0 Å². The third-order valence-corrected chi connectivity index (χ3v) is 7.70. The average Bonchev–Trinajstić information content (AvgIpc) is 3.48. The summed E-state index contributed by atoms with van der Waals surface area (Å²) in [4.78, 5) is 26.5. The van der Waals surface area contributed by atoms with E-state index < -0.39 is 17.3 Å². The summed E-state index contributed by atoms with van der Waals surface area (Å²) in [5.74, 6) is -1.05. The van der Waals surface area contributed by atoms with Crippen LogP contribution in [0.1, 0.15) is 65.9 Å². The Hall–Kier alpha value is -2.41. The van der Waals surface area contributed by atoms with Gasteiger partial charge in [0, 0.05) is 18.5 Å². The number of nitrogens with two attached hydrogens (primary N) is 1. The predicted molar refractivity (Wildman–Crippen MR) is 113 cm³/mol. The summed E-state index contributed by atoms with van der Waals surface area (Å²) in [6.45, 7) is 3.98. The van der Waals surface area contributed by atoms with Crippen molar-refractivity contribution in [3.05, 3.63) is 45.1 Å². The zero-order chi connectivity index (χ0) is 21.2. The number of halogens is 1. The minimum atomic E-state index is -1.27. The van der Waals surface area contributed by atoms with Crippen LogP contribution in [0.5, 0.6) is 0 Å². The summed E-state index contributed by atoms with van der Waals surface area (Å²) in [5.41, 5.74) is 8.04. The highest BCUT2D eigenvalue weighted by Gasteiger charge is 2.47. The summed E-state index contributed by atoms with van der Waals surface area (Å²) < 4.78 is 16.6. The van der Waals surface area contributed by atoms with E-state index in [2.05, 4.69) is 4.90 Å². The first-order chi connectivity index (χ1) is 14.4. The van der Waals surface area contributed by atoms with Crippen LogP contribution in [0.4, 0.5) is 10.1 Å². The van der Waals surface area contributed by atoms with Gasteiger partial charge in [0.1, 0.15) is 5.56 Å². The van der Waals surface area contributed by atoms with E-state index in [1.807, 2.05) is 6.92 Å². The average molecular weight is 413 g/mol. The van der Waals surface area contributed by atoms with E-state index in [9.17, 15) is 14.7 Å². The van der Waals surface area contributed by atoms with Gasteiger partial charge in [-0.1, -0.05) is 12.8 Å². The molecule has 2 aromatic rings. The summed E-state index contributed by atoms with van der Waals surface area (Å²) in [6.07, 6.45) is 7.67. The quantitative estimate of drug-likeness (QED) is 0.803. The number of nitrogens with zero attached hydrogens (tertiary/aromatic N) is 2. The van der Waals surface area contributed by atoms with Crippen molar-refractivity contribution in [3.8, 4) is 0 Å². The molecule has 1 saturated heterocycles. The minimum absolute atomic E-state index is 0.0371. The Labute approximate surface area is 174 Å². The zero-order valence-corrected chi connectivity index (χ0v) is 17.3. The summed E-state index contributed by atoms with van der Waals surface area (Å²) in [6, 6.07) is 1.51. The number of pyridine rings is 2. The maximum absolute atomic E-state index is 15.4. The maximum Gasteiger partial charge on any atom is 0.341 e. The lowest BCUT2D eigenvalue weighted by molar-refractivity contribution is 0.0694. The Morgan fingerprint density at radius 1 is 1.33 bits per heavy atom. The highest BCUT2D eigenvalue weighted by atomic mass is 19.1. The van der Waals surface area contributed by atoms with Crippen LogP contribution >= 0.6 is 0 Å². The van der Waals surface area contributed by atoms with E-state index in [0.29, 0.717) is 23.7 Å². The van der Waals surface area contributed by atoms with Crippen molar-refractivity contribution >= 4 is 17.2 Å². The van der Waals surface area contributed by atoms with E-state index in [-0.39, 0.29) is 16.9 Å². The first kappa shape index (κ1) is 19.5. The molecule has 160 valence electrons. The first-order valence-corrected chi connectivity index (χ1v) is 10.9. The smallest absolute Gasteiger partial charge is 0.341 e. The minimum Gasteiger partial charge on any atom is -0.477 e. The van der Waals surface area contributed by atoms with Crippen LogP contribution in [0.3, 0.4) is 0 Å². The molecule has 30 heavy (non-hydrogen) atoms. The highest BCUT2D eigenvalue weighted by molar-refractivity contribution is 5.89. The van der Waals surface area contributed by atoms with Gasteiger partial charge in [0.2, 0.25) is 0 Å². The molecule has 1 aliphatic heterocycles. The number of hydrogen-bond acceptors (Lipinski definition) is 4. The normalized spacial score (nSPS) is 26.2. The molecule has 2 aromatic heterocycles. The number of anilines is 1. The Kier molecular flexibility index (Phi) is 4.43. The number of hydrogen-bond donors (Lipinski definition) is 2. The van der Waals surface area contributed by atoms with E-state index >= 15 is 4.39 Å². The van der Waals surface area contributed by atoms with Crippen LogP contribution in [0, 0.1) is 24.1 Å². The van der Waals surface area contributed by atoms with Crippen LogP contribution in [0.25, 0.3) is 5.52 Å². The van der Waals surface area contributed by atoms with Crippen LogP contribution in [0.2, 0.25) is 0 Å². The number of carbonyl (C=O) groups is 1. The molecule has 3 aliphatic rings. The fraction of sp³-hybridized carbons (Fsp3) is 0.565. The summed E-state index contributed by atoms with van der Waals surface area (Å²) in [5, 5.41) is 9.46. The van der Waals surface area contributed by atoms with Crippen LogP contribution in [-0.4, -0.2) is 35.1 Å². The molecule has 0 amide bonds. The molecule has 2 saturated carbocycles. The lowest BCUT2D eigenvalue weighted by Gasteiger charge is -2.37. The molecule has 5 rings (SSSR count). The number of carboxylic acid groups (broad SMARTS) is 1. The Bertz CT molecular complexity index is 1110. The van der Waals surface area contributed by atoms with Gasteiger partial charge in [-0.05, 0) is 68.2 Å². The summed E-state index contributed by atoms with van der Waals surface area (Å²) in [7, 11) is 0. The number of carboxylic acids is 1. The molecule has 0 radical (unpaired) electrons. The molecule has 0 bridgehead atoms. The van der Waals surface area contributed by atoms with Crippen LogP contribution < -0.4 is 16.2 Å². The Morgan fingerprint density at radius 2 is 2.10 bits per heavy atom. The molecule has 7 heteroatoms. The van der Waals surface area contributed by atoms with Gasteiger partial charge in [0.15, 0.2) is 5.82 Å². The molecule has 0 spiro atoms. The maximum atomic E-state index is 15.4. The first-order valence-electron chi connectivity index (χ1n) is 10.9. The number of aryl methyl sites for hydroxylation is 1. The monoisotopic (exact) mass is 413 g/mol. The lowest BCUT2D eigenvalue weighted by atomic mass is 9.68. The second-order valence-electron chi connectivity index (χ2n) is 9.46. The van der Waals surface area contributed by atoms with Crippen LogP contribution in [0.15, 0.2) is 17.1 Å². The standard InChI is InChI=1S/C23H28FN3O3/c1-13-19-16(14-5-6-14)8-17(22(29)30)21(28)27(19)10-18(24)20(13)26-9-15-4-2-3-7-23(15,11-25)12-26/h8,10,14-15H,2-7,9,11-12,25H2,1H3,(H,29,30)/t15-,23-/m0/s1. The molecule has 3 heterocycles. The fourth-order valence-electron chi connectivity index (χ4n) is 5.97. The fourth-order valence-corrected chi connectivity index (χ4v) is 5.97. The Balaban J connectivity index is 1.69. The van der Waals surface area contributed by atoms with Crippen molar-refractivity contribution in [3.63, 3.8) is 0 Å². The van der Waals surface area contributed by atoms with Crippen molar-refractivity contribution in [1.82, 2.24) is 4.40 Å². The molecule has 0 unspecified atom stereocenters. The molecular weight excluding hydrogens is 385 g/mol. The zero-order valence-electron chi connectivity index (χ0n) is 17.3. The molecule has 2 atom stereocenters. The molecule has 2 aliphatic carbocycles. The highest BCUT2D eigenvalue weighted by Crippen LogP contribution is 2.49. The van der Waals surface area contributed by atoms with Gasteiger partial charge in [0.05, 0.1) is 17.4 Å². The second kappa shape index (κ2) is 6.80. The van der Waals surface area contributed by atoms with Gasteiger partial charge in [-0.25, -0.2) is 9.18 Å². The second-order valence-corrected chi connectivity index (χ2v) is 9.46. The van der Waals surface area contributed by atoms with E-state index in [0.717, 1.165) is 49.9 Å². The SMILES string of the molecule is Cc1c(N2C[C@@H]3CCCC[C@]3(CN)C2)c(F)cn2c(=O)c(C(=O)O)cc(C3CC3)c12. The van der Waals surface area contributed by atoms with Gasteiger partial charge >= 0.3 is 5.97 Å².